The second-order valence-corrected chi connectivity index (χ2v) is 5.96. The summed E-state index contributed by atoms with van der Waals surface area (Å²) in [5.41, 5.74) is 3.34. The molecule has 0 fully saturated rings. The van der Waals surface area contributed by atoms with Gasteiger partial charge in [0.25, 0.3) is 0 Å². The molecule has 2 aromatic rings. The van der Waals surface area contributed by atoms with E-state index in [9.17, 15) is 4.79 Å². The molecule has 4 nitrogen and oxygen atoms in total. The van der Waals surface area contributed by atoms with Gasteiger partial charge in [-0.3, -0.25) is 4.79 Å². The zero-order chi connectivity index (χ0) is 18.8. The SMILES string of the molecule is CC#CCOc1ccc(CCC(=O)NCc2ccc(C)cc2)cc1OC. The van der Waals surface area contributed by atoms with Crippen molar-refractivity contribution in [3.8, 4) is 23.3 Å². The van der Waals surface area contributed by atoms with Crippen LogP contribution in [0.4, 0.5) is 0 Å². The minimum atomic E-state index is 0.0306. The molecule has 1 amide bonds. The lowest BCUT2D eigenvalue weighted by Gasteiger charge is -2.11. The van der Waals surface area contributed by atoms with Gasteiger partial charge in [-0.05, 0) is 43.5 Å². The Kier molecular flexibility index (Phi) is 7.57. The van der Waals surface area contributed by atoms with Crippen LogP contribution in [0.1, 0.15) is 30.0 Å². The number of ether oxygens (including phenoxy) is 2. The number of hydrogen-bond acceptors (Lipinski definition) is 3. The van der Waals surface area contributed by atoms with Crippen molar-refractivity contribution in [2.75, 3.05) is 13.7 Å². The van der Waals surface area contributed by atoms with Crippen LogP contribution < -0.4 is 14.8 Å². The molecule has 0 aliphatic carbocycles. The predicted octanol–water partition coefficient (Wildman–Crippen LogP) is 3.65. The minimum Gasteiger partial charge on any atom is -0.493 e. The molecule has 0 saturated carbocycles. The Hall–Kier alpha value is -2.93. The molecular weight excluding hydrogens is 326 g/mol. The highest BCUT2D eigenvalue weighted by atomic mass is 16.5. The highest BCUT2D eigenvalue weighted by molar-refractivity contribution is 5.76. The predicted molar refractivity (Wildman–Crippen MR) is 103 cm³/mol. The average Bonchev–Trinajstić information content (AvgIpc) is 2.66. The molecule has 0 aliphatic heterocycles. The molecule has 0 atom stereocenters. The van der Waals surface area contributed by atoms with Crippen LogP contribution >= 0.6 is 0 Å². The van der Waals surface area contributed by atoms with E-state index in [0.29, 0.717) is 37.5 Å². The lowest BCUT2D eigenvalue weighted by molar-refractivity contribution is -0.121. The van der Waals surface area contributed by atoms with Gasteiger partial charge in [-0.25, -0.2) is 0 Å². The Labute approximate surface area is 155 Å². The number of nitrogens with one attached hydrogen (secondary N) is 1. The summed E-state index contributed by atoms with van der Waals surface area (Å²) in [6.45, 7) is 4.69. The monoisotopic (exact) mass is 351 g/mol. The van der Waals surface area contributed by atoms with E-state index in [1.165, 1.54) is 5.56 Å². The van der Waals surface area contributed by atoms with Gasteiger partial charge in [0.2, 0.25) is 5.91 Å². The van der Waals surface area contributed by atoms with Crippen molar-refractivity contribution in [1.29, 1.82) is 0 Å². The fraction of sp³-hybridized carbons (Fsp3) is 0.318. The molecule has 26 heavy (non-hydrogen) atoms. The molecule has 0 saturated heterocycles. The van der Waals surface area contributed by atoms with Gasteiger partial charge in [-0.15, -0.1) is 5.92 Å². The van der Waals surface area contributed by atoms with Crippen molar-refractivity contribution in [2.24, 2.45) is 0 Å². The molecule has 0 spiro atoms. The third-order valence-electron chi connectivity index (χ3n) is 3.96. The standard InChI is InChI=1S/C22H25NO3/c1-4-5-14-26-20-12-10-18(15-21(20)25-3)11-13-22(24)23-16-19-8-6-17(2)7-9-19/h6-10,12,15H,11,13-14,16H2,1-3H3,(H,23,24). The highest BCUT2D eigenvalue weighted by Crippen LogP contribution is 2.28. The lowest BCUT2D eigenvalue weighted by atomic mass is 10.1. The third-order valence-corrected chi connectivity index (χ3v) is 3.96. The molecular formula is C22H25NO3. The summed E-state index contributed by atoms with van der Waals surface area (Å²) in [5, 5.41) is 2.95. The van der Waals surface area contributed by atoms with Gasteiger partial charge in [0.1, 0.15) is 6.61 Å². The fourth-order valence-corrected chi connectivity index (χ4v) is 2.43. The Balaban J connectivity index is 1.84. The first-order chi connectivity index (χ1) is 12.6. The Morgan fingerprint density at radius 2 is 1.81 bits per heavy atom. The number of hydrogen-bond donors (Lipinski definition) is 1. The number of rotatable bonds is 8. The van der Waals surface area contributed by atoms with E-state index in [4.69, 9.17) is 9.47 Å². The Morgan fingerprint density at radius 1 is 1.08 bits per heavy atom. The second kappa shape index (κ2) is 10.1. The molecule has 4 heteroatoms. The lowest BCUT2D eigenvalue weighted by Crippen LogP contribution is -2.22. The number of carbonyl (C=O) groups is 1. The zero-order valence-electron chi connectivity index (χ0n) is 15.6. The highest BCUT2D eigenvalue weighted by Gasteiger charge is 2.08. The van der Waals surface area contributed by atoms with E-state index in [-0.39, 0.29) is 5.91 Å². The maximum Gasteiger partial charge on any atom is 0.220 e. The van der Waals surface area contributed by atoms with Crippen LogP contribution in [0.3, 0.4) is 0 Å². The van der Waals surface area contributed by atoms with Crippen molar-refractivity contribution in [2.45, 2.75) is 33.2 Å². The molecule has 2 rings (SSSR count). The molecule has 0 bridgehead atoms. The van der Waals surface area contributed by atoms with Crippen LogP contribution in [0.15, 0.2) is 42.5 Å². The van der Waals surface area contributed by atoms with Crippen LogP contribution in [-0.4, -0.2) is 19.6 Å². The van der Waals surface area contributed by atoms with E-state index in [2.05, 4.69) is 17.2 Å². The molecule has 2 aromatic carbocycles. The summed E-state index contributed by atoms with van der Waals surface area (Å²) >= 11 is 0. The summed E-state index contributed by atoms with van der Waals surface area (Å²) in [4.78, 5) is 12.1. The number of methoxy groups -OCH3 is 1. The van der Waals surface area contributed by atoms with Crippen LogP contribution in [0.25, 0.3) is 0 Å². The normalized spacial score (nSPS) is 9.81. The Morgan fingerprint density at radius 3 is 2.50 bits per heavy atom. The molecule has 136 valence electrons. The summed E-state index contributed by atoms with van der Waals surface area (Å²) in [6.07, 6.45) is 1.07. The van der Waals surface area contributed by atoms with Crippen LogP contribution in [0, 0.1) is 18.8 Å². The largest absolute Gasteiger partial charge is 0.493 e. The summed E-state index contributed by atoms with van der Waals surface area (Å²) in [5.74, 6) is 6.98. The number of benzene rings is 2. The molecule has 0 aromatic heterocycles. The van der Waals surface area contributed by atoms with Crippen molar-refractivity contribution >= 4 is 5.91 Å². The van der Waals surface area contributed by atoms with Crippen molar-refractivity contribution in [3.05, 3.63) is 59.2 Å². The maximum absolute atomic E-state index is 12.1. The summed E-state index contributed by atoms with van der Waals surface area (Å²) < 4.78 is 10.9. The van der Waals surface area contributed by atoms with E-state index in [1.807, 2.05) is 49.4 Å². The first-order valence-electron chi connectivity index (χ1n) is 8.64. The van der Waals surface area contributed by atoms with E-state index < -0.39 is 0 Å². The first kappa shape index (κ1) is 19.4. The van der Waals surface area contributed by atoms with E-state index in [0.717, 1.165) is 11.1 Å². The minimum absolute atomic E-state index is 0.0306. The van der Waals surface area contributed by atoms with Gasteiger partial charge in [0, 0.05) is 13.0 Å². The molecule has 0 unspecified atom stereocenters. The van der Waals surface area contributed by atoms with Gasteiger partial charge in [-0.1, -0.05) is 41.8 Å². The second-order valence-electron chi connectivity index (χ2n) is 5.96. The summed E-state index contributed by atoms with van der Waals surface area (Å²) in [6, 6.07) is 13.9. The van der Waals surface area contributed by atoms with Gasteiger partial charge >= 0.3 is 0 Å². The van der Waals surface area contributed by atoms with Crippen LogP contribution in [0.2, 0.25) is 0 Å². The zero-order valence-corrected chi connectivity index (χ0v) is 15.6. The Bertz CT molecular complexity index is 785. The number of amides is 1. The van der Waals surface area contributed by atoms with Crippen LogP contribution in [-0.2, 0) is 17.8 Å². The van der Waals surface area contributed by atoms with Gasteiger partial charge in [0.15, 0.2) is 11.5 Å². The van der Waals surface area contributed by atoms with Crippen molar-refractivity contribution in [1.82, 2.24) is 5.32 Å². The van der Waals surface area contributed by atoms with Gasteiger partial charge in [0.05, 0.1) is 7.11 Å². The van der Waals surface area contributed by atoms with Crippen molar-refractivity contribution < 1.29 is 14.3 Å². The quantitative estimate of drug-likeness (QED) is 0.739. The third kappa shape index (κ3) is 6.18. The fourth-order valence-electron chi connectivity index (χ4n) is 2.43. The topological polar surface area (TPSA) is 47.6 Å². The molecule has 0 radical (unpaired) electrons. The smallest absolute Gasteiger partial charge is 0.220 e. The van der Waals surface area contributed by atoms with Gasteiger partial charge in [-0.2, -0.15) is 0 Å². The van der Waals surface area contributed by atoms with E-state index in [1.54, 1.807) is 14.0 Å². The number of aryl methyl sites for hydroxylation is 2. The molecule has 0 heterocycles. The van der Waals surface area contributed by atoms with Crippen molar-refractivity contribution in [3.63, 3.8) is 0 Å². The molecule has 0 aliphatic rings. The van der Waals surface area contributed by atoms with Crippen LogP contribution in [0.5, 0.6) is 11.5 Å². The summed E-state index contributed by atoms with van der Waals surface area (Å²) in [7, 11) is 1.60. The number of carbonyl (C=O) groups excluding carboxylic acids is 1. The maximum atomic E-state index is 12.1. The first-order valence-corrected chi connectivity index (χ1v) is 8.64. The van der Waals surface area contributed by atoms with Gasteiger partial charge < -0.3 is 14.8 Å². The molecule has 1 N–H and O–H groups in total. The van der Waals surface area contributed by atoms with E-state index >= 15 is 0 Å². The average molecular weight is 351 g/mol.